The lowest BCUT2D eigenvalue weighted by Crippen LogP contribution is -2.06. The van der Waals surface area contributed by atoms with Gasteiger partial charge in [0.15, 0.2) is 0 Å². The number of anilines is 3. The van der Waals surface area contributed by atoms with Gasteiger partial charge in [-0.25, -0.2) is 14.2 Å². The molecule has 0 spiro atoms. The standard InChI is InChI=1S/C12H9BrFN3O2/c13-6-1-2-10(9(14)3-6)17-11-8(12(18)19)4-7(15)5-16-11/h1-5H,15H2,(H,16,17)(H,18,19). The number of hydrogen-bond donors (Lipinski definition) is 3. The molecule has 7 heteroatoms. The van der Waals surface area contributed by atoms with E-state index in [0.717, 1.165) is 0 Å². The van der Waals surface area contributed by atoms with Crippen LogP contribution >= 0.6 is 15.9 Å². The van der Waals surface area contributed by atoms with Crippen molar-refractivity contribution in [3.05, 3.63) is 46.3 Å². The molecule has 5 nitrogen and oxygen atoms in total. The number of nitrogens with zero attached hydrogens (tertiary/aromatic N) is 1. The van der Waals surface area contributed by atoms with E-state index in [4.69, 9.17) is 10.8 Å². The first-order valence-corrected chi connectivity index (χ1v) is 5.97. The van der Waals surface area contributed by atoms with Gasteiger partial charge < -0.3 is 16.2 Å². The van der Waals surface area contributed by atoms with E-state index < -0.39 is 11.8 Å². The maximum Gasteiger partial charge on any atom is 0.339 e. The second-order valence-electron chi connectivity index (χ2n) is 3.72. The molecule has 0 aliphatic carbocycles. The van der Waals surface area contributed by atoms with Crippen LogP contribution in [0.2, 0.25) is 0 Å². The SMILES string of the molecule is Nc1cnc(Nc2ccc(Br)cc2F)c(C(=O)O)c1. The number of halogens is 2. The topological polar surface area (TPSA) is 88.2 Å². The van der Waals surface area contributed by atoms with Gasteiger partial charge in [0.1, 0.15) is 17.2 Å². The molecule has 0 fully saturated rings. The molecule has 1 heterocycles. The molecule has 0 aliphatic heterocycles. The summed E-state index contributed by atoms with van der Waals surface area (Å²) in [6.07, 6.45) is 1.30. The number of aromatic carboxylic acids is 1. The van der Waals surface area contributed by atoms with Crippen molar-refractivity contribution in [2.24, 2.45) is 0 Å². The molecule has 4 N–H and O–H groups in total. The number of aromatic nitrogens is 1. The molecule has 0 unspecified atom stereocenters. The van der Waals surface area contributed by atoms with Gasteiger partial charge in [0.2, 0.25) is 0 Å². The van der Waals surface area contributed by atoms with Crippen molar-refractivity contribution < 1.29 is 14.3 Å². The number of nitrogen functional groups attached to an aromatic ring is 1. The average Bonchev–Trinajstić information content (AvgIpc) is 2.34. The number of nitrogens with two attached hydrogens (primary N) is 1. The quantitative estimate of drug-likeness (QED) is 0.807. The minimum absolute atomic E-state index is 0.0305. The predicted octanol–water partition coefficient (Wildman–Crippen LogP) is 3.01. The summed E-state index contributed by atoms with van der Waals surface area (Å²) >= 11 is 3.13. The molecule has 19 heavy (non-hydrogen) atoms. The Labute approximate surface area is 116 Å². The average molecular weight is 326 g/mol. The van der Waals surface area contributed by atoms with E-state index in [9.17, 15) is 9.18 Å². The van der Waals surface area contributed by atoms with Crippen molar-refractivity contribution in [2.75, 3.05) is 11.1 Å². The summed E-state index contributed by atoms with van der Waals surface area (Å²) in [4.78, 5) is 14.9. The molecule has 0 amide bonds. The number of carboxylic acids is 1. The lowest BCUT2D eigenvalue weighted by atomic mass is 10.2. The zero-order valence-electron chi connectivity index (χ0n) is 9.52. The van der Waals surface area contributed by atoms with Gasteiger partial charge in [-0.1, -0.05) is 15.9 Å². The van der Waals surface area contributed by atoms with Crippen molar-refractivity contribution in [3.63, 3.8) is 0 Å². The zero-order valence-corrected chi connectivity index (χ0v) is 11.1. The first kappa shape index (κ1) is 13.3. The first-order chi connectivity index (χ1) is 8.97. The Morgan fingerprint density at radius 1 is 1.42 bits per heavy atom. The van der Waals surface area contributed by atoms with Gasteiger partial charge in [0.05, 0.1) is 17.6 Å². The monoisotopic (exact) mass is 325 g/mol. The van der Waals surface area contributed by atoms with Crippen LogP contribution in [0.3, 0.4) is 0 Å². The second kappa shape index (κ2) is 5.23. The summed E-state index contributed by atoms with van der Waals surface area (Å²) in [6.45, 7) is 0. The van der Waals surface area contributed by atoms with E-state index in [1.54, 1.807) is 6.07 Å². The molecule has 0 saturated carbocycles. The highest BCUT2D eigenvalue weighted by molar-refractivity contribution is 9.10. The number of hydrogen-bond acceptors (Lipinski definition) is 4. The maximum absolute atomic E-state index is 13.7. The van der Waals surface area contributed by atoms with Crippen LogP contribution < -0.4 is 11.1 Å². The van der Waals surface area contributed by atoms with Gasteiger partial charge in [0.25, 0.3) is 0 Å². The van der Waals surface area contributed by atoms with E-state index in [-0.39, 0.29) is 22.8 Å². The van der Waals surface area contributed by atoms with Crippen LogP contribution in [0.15, 0.2) is 34.9 Å². The Bertz CT molecular complexity index is 649. The number of nitrogens with one attached hydrogen (secondary N) is 1. The molecular weight excluding hydrogens is 317 g/mol. The van der Waals surface area contributed by atoms with E-state index in [2.05, 4.69) is 26.2 Å². The van der Waals surface area contributed by atoms with Crippen molar-refractivity contribution in [1.82, 2.24) is 4.98 Å². The third-order valence-corrected chi connectivity index (χ3v) is 2.82. The van der Waals surface area contributed by atoms with Gasteiger partial charge in [-0.3, -0.25) is 0 Å². The number of benzene rings is 1. The molecule has 2 rings (SSSR count). The van der Waals surface area contributed by atoms with E-state index in [1.165, 1.54) is 24.4 Å². The Morgan fingerprint density at radius 2 is 2.16 bits per heavy atom. The van der Waals surface area contributed by atoms with Crippen LogP contribution in [-0.4, -0.2) is 16.1 Å². The van der Waals surface area contributed by atoms with Crippen LogP contribution in [0.5, 0.6) is 0 Å². The fourth-order valence-electron chi connectivity index (χ4n) is 1.46. The summed E-state index contributed by atoms with van der Waals surface area (Å²) < 4.78 is 14.2. The van der Waals surface area contributed by atoms with Crippen molar-refractivity contribution >= 4 is 39.1 Å². The highest BCUT2D eigenvalue weighted by atomic mass is 79.9. The Hall–Kier alpha value is -2.15. The van der Waals surface area contributed by atoms with Gasteiger partial charge in [-0.2, -0.15) is 0 Å². The number of pyridine rings is 1. The fourth-order valence-corrected chi connectivity index (χ4v) is 1.80. The molecule has 1 aromatic heterocycles. The third-order valence-electron chi connectivity index (χ3n) is 2.32. The third kappa shape index (κ3) is 3.00. The minimum atomic E-state index is -1.19. The molecule has 0 radical (unpaired) electrons. The number of carboxylic acid groups (broad SMARTS) is 1. The summed E-state index contributed by atoms with van der Waals surface area (Å²) in [5.41, 5.74) is 5.70. The molecule has 1 aromatic carbocycles. The normalized spacial score (nSPS) is 10.2. The summed E-state index contributed by atoms with van der Waals surface area (Å²) in [7, 11) is 0. The number of rotatable bonds is 3. The molecule has 0 atom stereocenters. The molecular formula is C12H9BrFN3O2. The summed E-state index contributed by atoms with van der Waals surface area (Å²) in [5, 5.41) is 11.7. The van der Waals surface area contributed by atoms with Crippen molar-refractivity contribution in [3.8, 4) is 0 Å². The Morgan fingerprint density at radius 3 is 2.79 bits per heavy atom. The van der Waals surface area contributed by atoms with Crippen molar-refractivity contribution in [2.45, 2.75) is 0 Å². The van der Waals surface area contributed by atoms with Crippen LogP contribution in [0.1, 0.15) is 10.4 Å². The van der Waals surface area contributed by atoms with Crippen molar-refractivity contribution in [1.29, 1.82) is 0 Å². The lowest BCUT2D eigenvalue weighted by Gasteiger charge is -2.10. The lowest BCUT2D eigenvalue weighted by molar-refractivity contribution is 0.0697. The molecule has 0 saturated heterocycles. The Kier molecular flexibility index (Phi) is 3.66. The van der Waals surface area contributed by atoms with Gasteiger partial charge >= 0.3 is 5.97 Å². The first-order valence-electron chi connectivity index (χ1n) is 5.18. The van der Waals surface area contributed by atoms with Crippen LogP contribution in [-0.2, 0) is 0 Å². The van der Waals surface area contributed by atoms with E-state index in [0.29, 0.717) is 4.47 Å². The minimum Gasteiger partial charge on any atom is -0.478 e. The molecule has 0 aliphatic rings. The van der Waals surface area contributed by atoms with Gasteiger partial charge in [-0.15, -0.1) is 0 Å². The van der Waals surface area contributed by atoms with E-state index >= 15 is 0 Å². The van der Waals surface area contributed by atoms with Crippen LogP contribution in [0.4, 0.5) is 21.6 Å². The predicted molar refractivity (Wildman–Crippen MR) is 73.0 cm³/mol. The molecule has 0 bridgehead atoms. The number of carbonyl (C=O) groups is 1. The largest absolute Gasteiger partial charge is 0.478 e. The zero-order chi connectivity index (χ0) is 14.0. The highest BCUT2D eigenvalue weighted by Gasteiger charge is 2.13. The fraction of sp³-hybridized carbons (Fsp3) is 0. The maximum atomic E-state index is 13.7. The highest BCUT2D eigenvalue weighted by Crippen LogP contribution is 2.24. The van der Waals surface area contributed by atoms with Crippen LogP contribution in [0.25, 0.3) is 0 Å². The van der Waals surface area contributed by atoms with Crippen LogP contribution in [0, 0.1) is 5.82 Å². The smallest absolute Gasteiger partial charge is 0.339 e. The van der Waals surface area contributed by atoms with Gasteiger partial charge in [-0.05, 0) is 24.3 Å². The van der Waals surface area contributed by atoms with E-state index in [1.807, 2.05) is 0 Å². The molecule has 98 valence electrons. The Balaban J connectivity index is 2.40. The summed E-state index contributed by atoms with van der Waals surface area (Å²) in [6, 6.07) is 5.63. The summed E-state index contributed by atoms with van der Waals surface area (Å²) in [5.74, 6) is -1.69. The molecule has 2 aromatic rings. The van der Waals surface area contributed by atoms with Gasteiger partial charge in [0, 0.05) is 4.47 Å². The second-order valence-corrected chi connectivity index (χ2v) is 4.63.